The minimum Gasteiger partial charge on any atom is -0.476 e. The van der Waals surface area contributed by atoms with E-state index < -0.39 is 21.9 Å². The Morgan fingerprint density at radius 2 is 1.60 bits per heavy atom. The number of nitrogens with zero attached hydrogens (tertiary/aromatic N) is 2. The highest BCUT2D eigenvalue weighted by Gasteiger charge is 2.26. The number of hydrogen-bond donors (Lipinski definition) is 1. The van der Waals surface area contributed by atoms with Crippen LogP contribution in [0, 0.1) is 27.2 Å². The van der Waals surface area contributed by atoms with E-state index in [1.165, 1.54) is 36.4 Å². The quantitative estimate of drug-likeness (QED) is 0.452. The lowest BCUT2D eigenvalue weighted by molar-refractivity contribution is -0.384. The topological polar surface area (TPSA) is 125 Å². The Morgan fingerprint density at radius 3 is 2.20 bits per heavy atom. The number of rotatable bonds is 7. The summed E-state index contributed by atoms with van der Waals surface area (Å²) in [5.41, 5.74) is 0.900. The lowest BCUT2D eigenvalue weighted by Crippen LogP contribution is -2.26. The van der Waals surface area contributed by atoms with Crippen LogP contribution in [0.1, 0.15) is 17.2 Å². The fraction of sp³-hybridized carbons (Fsp3) is 0.0952. The van der Waals surface area contributed by atoms with E-state index in [1.54, 1.807) is 43.3 Å². The average molecular weight is 407 g/mol. The van der Waals surface area contributed by atoms with Crippen LogP contribution in [0.5, 0.6) is 5.75 Å². The van der Waals surface area contributed by atoms with Crippen LogP contribution in [0.15, 0.2) is 72.8 Å². The fourth-order valence-corrected chi connectivity index (χ4v) is 2.78. The molecule has 9 heteroatoms. The van der Waals surface area contributed by atoms with E-state index >= 15 is 0 Å². The van der Waals surface area contributed by atoms with Gasteiger partial charge in [-0.2, -0.15) is 0 Å². The molecule has 30 heavy (non-hydrogen) atoms. The average Bonchev–Trinajstić information content (AvgIpc) is 2.74. The van der Waals surface area contributed by atoms with Gasteiger partial charge in [0.1, 0.15) is 11.4 Å². The molecule has 3 aromatic rings. The van der Waals surface area contributed by atoms with Gasteiger partial charge < -0.3 is 10.1 Å². The minimum absolute atomic E-state index is 0.0452. The highest BCUT2D eigenvalue weighted by molar-refractivity contribution is 5.97. The van der Waals surface area contributed by atoms with Crippen molar-refractivity contribution in [3.8, 4) is 5.75 Å². The predicted octanol–water partition coefficient (Wildman–Crippen LogP) is 4.57. The van der Waals surface area contributed by atoms with Crippen molar-refractivity contribution in [2.45, 2.75) is 13.0 Å². The van der Waals surface area contributed by atoms with E-state index in [1.807, 2.05) is 0 Å². The molecule has 0 fully saturated rings. The normalized spacial score (nSPS) is 11.4. The molecule has 1 amide bonds. The number of benzene rings is 3. The first-order chi connectivity index (χ1) is 14.3. The molecule has 0 radical (unpaired) electrons. The number of non-ortho nitro benzene ring substituents is 1. The number of amides is 1. The molecule has 1 N–H and O–H groups in total. The van der Waals surface area contributed by atoms with Gasteiger partial charge in [0, 0.05) is 23.8 Å². The van der Waals surface area contributed by atoms with Gasteiger partial charge >= 0.3 is 0 Å². The molecule has 3 aromatic carbocycles. The number of aryl methyl sites for hydroxylation is 1. The molecule has 0 unspecified atom stereocenters. The van der Waals surface area contributed by atoms with Gasteiger partial charge in [-0.3, -0.25) is 25.0 Å². The van der Waals surface area contributed by atoms with Gasteiger partial charge in [0.2, 0.25) is 6.10 Å². The summed E-state index contributed by atoms with van der Waals surface area (Å²) < 4.78 is 5.79. The third kappa shape index (κ3) is 4.76. The maximum atomic E-state index is 13.0. The van der Waals surface area contributed by atoms with Crippen LogP contribution in [-0.4, -0.2) is 15.8 Å². The van der Waals surface area contributed by atoms with E-state index in [2.05, 4.69) is 5.32 Å². The third-order valence-electron chi connectivity index (χ3n) is 4.25. The molecule has 0 aliphatic heterocycles. The molecular formula is C21H17N3O6. The Morgan fingerprint density at radius 1 is 0.933 bits per heavy atom. The SMILES string of the molecule is Cc1ccc(NC(=O)[C@H](Oc2ccc([N+](=O)[O-])cc2)c2ccccc2)c([N+](=O)[O-])c1. The third-order valence-corrected chi connectivity index (χ3v) is 4.25. The van der Waals surface area contributed by atoms with Crippen LogP contribution in [0.25, 0.3) is 0 Å². The number of hydrogen-bond acceptors (Lipinski definition) is 6. The molecule has 0 aliphatic carbocycles. The number of anilines is 1. The second-order valence-electron chi connectivity index (χ2n) is 6.43. The molecule has 9 nitrogen and oxygen atoms in total. The van der Waals surface area contributed by atoms with Crippen molar-refractivity contribution in [3.63, 3.8) is 0 Å². The van der Waals surface area contributed by atoms with Gasteiger partial charge in [-0.05, 0) is 30.7 Å². The van der Waals surface area contributed by atoms with Gasteiger partial charge in [-0.25, -0.2) is 0 Å². The summed E-state index contributed by atoms with van der Waals surface area (Å²) in [6.45, 7) is 1.71. The molecule has 0 aromatic heterocycles. The smallest absolute Gasteiger partial charge is 0.293 e. The molecule has 3 rings (SSSR count). The molecule has 0 spiro atoms. The molecule has 0 saturated heterocycles. The van der Waals surface area contributed by atoms with Crippen molar-refractivity contribution in [3.05, 3.63) is 104 Å². The number of ether oxygens (including phenoxy) is 1. The lowest BCUT2D eigenvalue weighted by atomic mass is 10.1. The number of nitro benzene ring substituents is 2. The summed E-state index contributed by atoms with van der Waals surface area (Å²) in [5, 5.41) is 24.7. The molecule has 0 saturated carbocycles. The summed E-state index contributed by atoms with van der Waals surface area (Å²) in [4.78, 5) is 34.0. The maximum absolute atomic E-state index is 13.0. The Bertz CT molecular complexity index is 1080. The van der Waals surface area contributed by atoms with Crippen molar-refractivity contribution in [2.75, 3.05) is 5.32 Å². The van der Waals surface area contributed by atoms with Crippen LogP contribution < -0.4 is 10.1 Å². The van der Waals surface area contributed by atoms with Crippen molar-refractivity contribution < 1.29 is 19.4 Å². The van der Waals surface area contributed by atoms with Crippen molar-refractivity contribution in [1.82, 2.24) is 0 Å². The van der Waals surface area contributed by atoms with Crippen LogP contribution in [-0.2, 0) is 4.79 Å². The highest BCUT2D eigenvalue weighted by Crippen LogP contribution is 2.29. The van der Waals surface area contributed by atoms with E-state index in [0.29, 0.717) is 11.1 Å². The highest BCUT2D eigenvalue weighted by atomic mass is 16.6. The van der Waals surface area contributed by atoms with E-state index in [9.17, 15) is 25.0 Å². The van der Waals surface area contributed by atoms with Crippen molar-refractivity contribution in [1.29, 1.82) is 0 Å². The summed E-state index contributed by atoms with van der Waals surface area (Å²) in [5.74, 6) is -0.380. The van der Waals surface area contributed by atoms with Gasteiger partial charge in [0.25, 0.3) is 17.3 Å². The zero-order chi connectivity index (χ0) is 21.7. The van der Waals surface area contributed by atoms with E-state index in [-0.39, 0.29) is 22.8 Å². The first-order valence-corrected chi connectivity index (χ1v) is 8.87. The summed E-state index contributed by atoms with van der Waals surface area (Å²) in [6.07, 6.45) is -1.13. The van der Waals surface area contributed by atoms with Crippen molar-refractivity contribution >= 4 is 23.0 Å². The Kier molecular flexibility index (Phi) is 6.02. The standard InChI is InChI=1S/C21H17N3O6/c1-14-7-12-18(19(13-14)24(28)29)22-21(25)20(15-5-3-2-4-6-15)30-17-10-8-16(9-11-17)23(26)27/h2-13,20H,1H3,(H,22,25)/t20-/m1/s1. The first-order valence-electron chi connectivity index (χ1n) is 8.87. The zero-order valence-corrected chi connectivity index (χ0v) is 15.8. The van der Waals surface area contributed by atoms with Crippen LogP contribution in [0.3, 0.4) is 0 Å². The number of carbonyl (C=O) groups is 1. The zero-order valence-electron chi connectivity index (χ0n) is 15.8. The molecule has 0 aliphatic rings. The molecule has 1 atom stereocenters. The van der Waals surface area contributed by atoms with Gasteiger partial charge in [-0.1, -0.05) is 36.4 Å². The van der Waals surface area contributed by atoms with Crippen LogP contribution >= 0.6 is 0 Å². The van der Waals surface area contributed by atoms with Gasteiger partial charge in [-0.15, -0.1) is 0 Å². The fourth-order valence-electron chi connectivity index (χ4n) is 2.78. The Balaban J connectivity index is 1.90. The van der Waals surface area contributed by atoms with E-state index in [4.69, 9.17) is 4.74 Å². The summed E-state index contributed by atoms with van der Waals surface area (Å²) in [7, 11) is 0. The van der Waals surface area contributed by atoms with Gasteiger partial charge in [0.05, 0.1) is 9.85 Å². The second-order valence-corrected chi connectivity index (χ2v) is 6.43. The molecule has 152 valence electrons. The number of nitrogens with one attached hydrogen (secondary N) is 1. The maximum Gasteiger partial charge on any atom is 0.293 e. The van der Waals surface area contributed by atoms with Crippen molar-refractivity contribution in [2.24, 2.45) is 0 Å². The van der Waals surface area contributed by atoms with E-state index in [0.717, 1.165) is 0 Å². The minimum atomic E-state index is -1.13. The van der Waals surface area contributed by atoms with Gasteiger partial charge in [0.15, 0.2) is 0 Å². The Labute approximate surface area is 171 Å². The summed E-state index contributed by atoms with van der Waals surface area (Å²) in [6, 6.07) is 18.4. The van der Waals surface area contributed by atoms with Crippen LogP contribution in [0.2, 0.25) is 0 Å². The number of carbonyl (C=O) groups excluding carboxylic acids is 1. The molecular weight excluding hydrogens is 390 g/mol. The lowest BCUT2D eigenvalue weighted by Gasteiger charge is -2.19. The largest absolute Gasteiger partial charge is 0.476 e. The van der Waals surface area contributed by atoms with Crippen LogP contribution in [0.4, 0.5) is 17.1 Å². The predicted molar refractivity (Wildman–Crippen MR) is 109 cm³/mol. The first kappa shape index (κ1) is 20.5. The summed E-state index contributed by atoms with van der Waals surface area (Å²) >= 11 is 0. The Hall–Kier alpha value is -4.27. The second kappa shape index (κ2) is 8.82. The molecule has 0 heterocycles. The number of nitro groups is 2. The monoisotopic (exact) mass is 407 g/mol. The molecule has 0 bridgehead atoms.